The number of hydrogen-bond acceptors (Lipinski definition) is 4. The maximum absolute atomic E-state index is 12.7. The van der Waals surface area contributed by atoms with Gasteiger partial charge in [-0.3, -0.25) is 4.79 Å². The van der Waals surface area contributed by atoms with E-state index >= 15 is 0 Å². The van der Waals surface area contributed by atoms with E-state index in [0.29, 0.717) is 27.9 Å². The van der Waals surface area contributed by atoms with Gasteiger partial charge in [0.1, 0.15) is 17.8 Å². The molecule has 0 saturated carbocycles. The van der Waals surface area contributed by atoms with Crippen molar-refractivity contribution >= 4 is 34.2 Å². The van der Waals surface area contributed by atoms with E-state index in [-0.39, 0.29) is 11.9 Å². The van der Waals surface area contributed by atoms with Crippen LogP contribution in [0.25, 0.3) is 22.4 Å². The number of H-pyrrole nitrogens is 1. The Balaban J connectivity index is 1.64. The first-order valence-electron chi connectivity index (χ1n) is 8.48. The summed E-state index contributed by atoms with van der Waals surface area (Å²) >= 11 is 6.16. The number of carbonyl (C=O) groups excluding carboxylic acids is 1. The molecule has 0 spiro atoms. The monoisotopic (exact) mass is 380 g/mol. The van der Waals surface area contributed by atoms with Crippen molar-refractivity contribution in [2.45, 2.75) is 19.9 Å². The molecule has 0 bridgehead atoms. The van der Waals surface area contributed by atoms with Crippen LogP contribution in [0.4, 0.5) is 5.82 Å². The molecule has 27 heavy (non-hydrogen) atoms. The molecule has 0 aliphatic heterocycles. The summed E-state index contributed by atoms with van der Waals surface area (Å²) in [7, 11) is 0. The van der Waals surface area contributed by atoms with Gasteiger partial charge in [-0.15, -0.1) is 10.2 Å². The van der Waals surface area contributed by atoms with E-state index in [1.165, 1.54) is 0 Å². The first-order valence-corrected chi connectivity index (χ1v) is 8.86. The Kier molecular flexibility index (Phi) is 4.37. The van der Waals surface area contributed by atoms with Crippen molar-refractivity contribution in [1.29, 1.82) is 0 Å². The Labute approximate surface area is 160 Å². The molecule has 7 nitrogen and oxygen atoms in total. The van der Waals surface area contributed by atoms with E-state index < -0.39 is 0 Å². The minimum absolute atomic E-state index is 0.200. The number of para-hydroxylation sites is 1. The van der Waals surface area contributed by atoms with E-state index in [2.05, 4.69) is 25.5 Å². The van der Waals surface area contributed by atoms with E-state index in [9.17, 15) is 4.79 Å². The second-order valence-electron chi connectivity index (χ2n) is 6.38. The molecule has 0 saturated heterocycles. The molecule has 1 aromatic carbocycles. The number of nitrogens with one attached hydrogen (secondary N) is 2. The zero-order chi connectivity index (χ0) is 19.0. The van der Waals surface area contributed by atoms with Crippen LogP contribution in [0, 0.1) is 0 Å². The molecular weight excluding hydrogens is 364 g/mol. The molecule has 0 unspecified atom stereocenters. The predicted molar refractivity (Wildman–Crippen MR) is 105 cm³/mol. The first-order chi connectivity index (χ1) is 13.0. The average molecular weight is 381 g/mol. The second kappa shape index (κ2) is 6.85. The van der Waals surface area contributed by atoms with E-state index in [0.717, 1.165) is 10.9 Å². The lowest BCUT2D eigenvalue weighted by Gasteiger charge is -2.10. The molecule has 4 rings (SSSR count). The molecule has 1 amide bonds. The van der Waals surface area contributed by atoms with Gasteiger partial charge in [-0.05, 0) is 32.0 Å². The number of amides is 1. The summed E-state index contributed by atoms with van der Waals surface area (Å²) in [5.41, 5.74) is 1.88. The van der Waals surface area contributed by atoms with Crippen molar-refractivity contribution in [1.82, 2.24) is 24.7 Å². The summed E-state index contributed by atoms with van der Waals surface area (Å²) < 4.78 is 1.93. The van der Waals surface area contributed by atoms with Crippen LogP contribution >= 0.6 is 11.6 Å². The van der Waals surface area contributed by atoms with Crippen molar-refractivity contribution in [3.63, 3.8) is 0 Å². The average Bonchev–Trinajstić information content (AvgIpc) is 3.30. The lowest BCUT2D eigenvalue weighted by molar-refractivity contribution is 0.102. The van der Waals surface area contributed by atoms with E-state index in [4.69, 9.17) is 11.6 Å². The third-order valence-electron chi connectivity index (χ3n) is 4.26. The number of anilines is 1. The Morgan fingerprint density at radius 1 is 1.22 bits per heavy atom. The highest BCUT2D eigenvalue weighted by Gasteiger charge is 2.16. The van der Waals surface area contributed by atoms with Crippen LogP contribution in [-0.4, -0.2) is 30.6 Å². The fraction of sp³-hybridized carbons (Fsp3) is 0.158. The largest absolute Gasteiger partial charge is 0.359 e. The van der Waals surface area contributed by atoms with Crippen molar-refractivity contribution in [3.05, 3.63) is 59.5 Å². The maximum Gasteiger partial charge on any atom is 0.258 e. The van der Waals surface area contributed by atoms with Crippen molar-refractivity contribution < 1.29 is 4.79 Å². The number of hydrogen-bond donors (Lipinski definition) is 2. The fourth-order valence-corrected chi connectivity index (χ4v) is 3.15. The summed E-state index contributed by atoms with van der Waals surface area (Å²) in [5.74, 6) is 0.825. The summed E-state index contributed by atoms with van der Waals surface area (Å²) in [6, 6.07) is 11.0. The van der Waals surface area contributed by atoms with Crippen LogP contribution in [0.3, 0.4) is 0 Å². The van der Waals surface area contributed by atoms with Gasteiger partial charge in [-0.1, -0.05) is 29.8 Å². The third-order valence-corrected chi connectivity index (χ3v) is 4.57. The van der Waals surface area contributed by atoms with Gasteiger partial charge < -0.3 is 14.9 Å². The number of nitrogens with zero attached hydrogens (tertiary/aromatic N) is 4. The van der Waals surface area contributed by atoms with Gasteiger partial charge in [0, 0.05) is 17.6 Å². The number of halogens is 1. The lowest BCUT2D eigenvalue weighted by atomic mass is 10.1. The van der Waals surface area contributed by atoms with Gasteiger partial charge in [0.05, 0.1) is 16.1 Å². The number of rotatable bonds is 4. The van der Waals surface area contributed by atoms with E-state index in [1.807, 2.05) is 42.7 Å². The zero-order valence-electron chi connectivity index (χ0n) is 14.8. The SMILES string of the molecule is CC(C)n1cnnc1-c1cccc(NC(=O)c2c[nH]c3c(Cl)cccc23)n1. The second-order valence-corrected chi connectivity index (χ2v) is 6.79. The molecule has 0 aliphatic carbocycles. The summed E-state index contributed by atoms with van der Waals surface area (Å²) in [4.78, 5) is 20.3. The highest BCUT2D eigenvalue weighted by Crippen LogP contribution is 2.26. The van der Waals surface area contributed by atoms with Crippen LogP contribution < -0.4 is 5.32 Å². The smallest absolute Gasteiger partial charge is 0.258 e. The van der Waals surface area contributed by atoms with Crippen molar-refractivity contribution in [3.8, 4) is 11.5 Å². The molecule has 8 heteroatoms. The number of pyridine rings is 1. The standard InChI is InChI=1S/C19H17ClN6O/c1-11(2)26-10-22-25-18(26)15-7-4-8-16(23-15)24-19(27)13-9-21-17-12(13)5-3-6-14(17)20/h3-11,21H,1-2H3,(H,23,24,27). The summed E-state index contributed by atoms with van der Waals surface area (Å²) in [6.45, 7) is 4.08. The predicted octanol–water partition coefficient (Wildman–Crippen LogP) is 4.31. The molecular formula is C19H17ClN6O. The van der Waals surface area contributed by atoms with Crippen LogP contribution in [0.5, 0.6) is 0 Å². The maximum atomic E-state index is 12.7. The van der Waals surface area contributed by atoms with Gasteiger partial charge in [-0.2, -0.15) is 0 Å². The normalized spacial score (nSPS) is 11.3. The van der Waals surface area contributed by atoms with Crippen LogP contribution in [0.1, 0.15) is 30.2 Å². The van der Waals surface area contributed by atoms with E-state index in [1.54, 1.807) is 24.7 Å². The molecule has 2 N–H and O–H groups in total. The number of benzene rings is 1. The summed E-state index contributed by atoms with van der Waals surface area (Å²) in [6.07, 6.45) is 3.31. The molecule has 0 aliphatic rings. The fourth-order valence-electron chi connectivity index (χ4n) is 2.92. The van der Waals surface area contributed by atoms with Gasteiger partial charge in [0.25, 0.3) is 5.91 Å². The van der Waals surface area contributed by atoms with Crippen LogP contribution in [0.2, 0.25) is 5.02 Å². The molecule has 3 heterocycles. The molecule has 3 aromatic heterocycles. The molecule has 136 valence electrons. The third kappa shape index (κ3) is 3.17. The Morgan fingerprint density at radius 3 is 2.85 bits per heavy atom. The van der Waals surface area contributed by atoms with Gasteiger partial charge >= 0.3 is 0 Å². The molecule has 0 fully saturated rings. The molecule has 4 aromatic rings. The topological polar surface area (TPSA) is 88.5 Å². The minimum Gasteiger partial charge on any atom is -0.359 e. The number of fused-ring (bicyclic) bond motifs is 1. The van der Waals surface area contributed by atoms with Crippen LogP contribution in [0.15, 0.2) is 48.9 Å². The van der Waals surface area contributed by atoms with Gasteiger partial charge in [0.2, 0.25) is 0 Å². The first kappa shape index (κ1) is 17.2. The van der Waals surface area contributed by atoms with Crippen molar-refractivity contribution in [2.24, 2.45) is 0 Å². The number of aromatic nitrogens is 5. The highest BCUT2D eigenvalue weighted by molar-refractivity contribution is 6.35. The number of carbonyl (C=O) groups is 1. The minimum atomic E-state index is -0.265. The Morgan fingerprint density at radius 2 is 2.04 bits per heavy atom. The number of aromatic amines is 1. The lowest BCUT2D eigenvalue weighted by Crippen LogP contribution is -2.13. The zero-order valence-corrected chi connectivity index (χ0v) is 15.5. The van der Waals surface area contributed by atoms with Gasteiger partial charge in [-0.25, -0.2) is 4.98 Å². The highest BCUT2D eigenvalue weighted by atomic mass is 35.5. The quantitative estimate of drug-likeness (QED) is 0.552. The van der Waals surface area contributed by atoms with Gasteiger partial charge in [0.15, 0.2) is 5.82 Å². The Bertz CT molecular complexity index is 1130. The van der Waals surface area contributed by atoms with Crippen LogP contribution in [-0.2, 0) is 0 Å². The molecule has 0 radical (unpaired) electrons. The van der Waals surface area contributed by atoms with Crippen molar-refractivity contribution in [2.75, 3.05) is 5.32 Å². The Hall–Kier alpha value is -3.19. The molecule has 0 atom stereocenters. The summed E-state index contributed by atoms with van der Waals surface area (Å²) in [5, 5.41) is 12.3.